The second-order valence-electron chi connectivity index (χ2n) is 7.66. The summed E-state index contributed by atoms with van der Waals surface area (Å²) in [5, 5.41) is 29.9. The van der Waals surface area contributed by atoms with E-state index in [0.717, 1.165) is 27.7 Å². The fraction of sp³-hybridized carbons (Fsp3) is 0.292. The molecule has 162 valence electrons. The van der Waals surface area contributed by atoms with Crippen LogP contribution in [0.4, 0.5) is 4.39 Å². The van der Waals surface area contributed by atoms with Crippen molar-refractivity contribution in [3.05, 3.63) is 66.1 Å². The second-order valence-corrected chi connectivity index (χ2v) is 7.66. The summed E-state index contributed by atoms with van der Waals surface area (Å²) in [5.41, 5.74) is 3.65. The molecule has 0 fully saturated rings. The molecule has 7 heteroatoms. The molecule has 0 bridgehead atoms. The van der Waals surface area contributed by atoms with E-state index in [1.54, 1.807) is 24.3 Å². The van der Waals surface area contributed by atoms with Gasteiger partial charge in [0.1, 0.15) is 5.82 Å². The van der Waals surface area contributed by atoms with Crippen molar-refractivity contribution in [1.82, 2.24) is 4.57 Å². The number of nitrogens with zero attached hydrogens (tertiary/aromatic N) is 1. The summed E-state index contributed by atoms with van der Waals surface area (Å²) in [6.45, 7) is 4.12. The van der Waals surface area contributed by atoms with E-state index in [4.69, 9.17) is 5.11 Å². The zero-order chi connectivity index (χ0) is 21.8. The molecule has 0 saturated heterocycles. The van der Waals surface area contributed by atoms with Gasteiger partial charge >= 0.3 is 43.7 Å². The third-order valence-corrected chi connectivity index (χ3v) is 5.00. The maximum absolute atomic E-state index is 13.5. The molecule has 0 aliphatic carbocycles. The van der Waals surface area contributed by atoms with Gasteiger partial charge in [0.2, 0.25) is 0 Å². The first-order valence-corrected chi connectivity index (χ1v) is 9.93. The number of hydrogen-bond donors (Lipinski definition) is 3. The first-order chi connectivity index (χ1) is 14.3. The number of fused-ring (bicyclic) bond motifs is 1. The summed E-state index contributed by atoms with van der Waals surface area (Å²) in [5.74, 6) is -1.43. The summed E-state index contributed by atoms with van der Waals surface area (Å²) >= 11 is 0. The Kier molecular flexibility index (Phi) is 9.28. The Morgan fingerprint density at radius 2 is 1.74 bits per heavy atom. The molecule has 0 aliphatic heterocycles. The first-order valence-electron chi connectivity index (χ1n) is 9.93. The van der Waals surface area contributed by atoms with E-state index < -0.39 is 24.6 Å². The topological polar surface area (TPSA) is 82.7 Å². The van der Waals surface area contributed by atoms with Crippen LogP contribution in [0.15, 0.2) is 54.6 Å². The van der Waals surface area contributed by atoms with Crippen LogP contribution in [0.25, 0.3) is 28.1 Å². The van der Waals surface area contributed by atoms with Gasteiger partial charge in [-0.3, -0.25) is 4.79 Å². The van der Waals surface area contributed by atoms with Crippen LogP contribution in [-0.4, -0.2) is 75.8 Å². The van der Waals surface area contributed by atoms with Crippen molar-refractivity contribution in [2.75, 3.05) is 0 Å². The summed E-state index contributed by atoms with van der Waals surface area (Å²) in [7, 11) is 0. The number of carbonyl (C=O) groups is 1. The first kappa shape index (κ1) is 25.6. The molecule has 3 rings (SSSR count). The van der Waals surface area contributed by atoms with Crippen LogP contribution in [0.2, 0.25) is 0 Å². The van der Waals surface area contributed by atoms with Gasteiger partial charge in [-0.05, 0) is 43.7 Å². The number of benzene rings is 2. The number of hydrogen-bond acceptors (Lipinski definition) is 3. The Bertz CT molecular complexity index is 1060. The average Bonchev–Trinajstić information content (AvgIpc) is 3.00. The Morgan fingerprint density at radius 3 is 2.35 bits per heavy atom. The Labute approximate surface area is 210 Å². The standard InChI is InChI=1S/C24H26FNO4.Ca.2H/c1-15(2)26-21-6-4-3-5-20(21)24(16-7-9-17(25)10-8-16)22(26)12-11-18(27)13-19(28)14-23(29)30;;;/h3-12,15,18-19,27-28H,13-14H2,1-2H3,(H,29,30);;;/t18-,19-;;;/m0.../s1. The van der Waals surface area contributed by atoms with Crippen LogP contribution in [0.5, 0.6) is 0 Å². The zero-order valence-corrected chi connectivity index (χ0v) is 17.0. The third kappa shape index (κ3) is 6.18. The van der Waals surface area contributed by atoms with E-state index >= 15 is 0 Å². The summed E-state index contributed by atoms with van der Waals surface area (Å²) in [6.07, 6.45) is 0.727. The molecular formula is C24H28CaFNO4. The molecule has 2 aromatic carbocycles. The van der Waals surface area contributed by atoms with Gasteiger partial charge < -0.3 is 19.9 Å². The quantitative estimate of drug-likeness (QED) is 0.454. The van der Waals surface area contributed by atoms with Gasteiger partial charge in [-0.15, -0.1) is 0 Å². The number of carboxylic acids is 1. The Hall–Kier alpha value is -1.70. The molecule has 2 atom stereocenters. The van der Waals surface area contributed by atoms with E-state index in [1.807, 2.05) is 24.3 Å². The molecule has 1 heterocycles. The molecule has 3 N–H and O–H groups in total. The summed E-state index contributed by atoms with van der Waals surface area (Å²) in [6, 6.07) is 14.4. The minimum atomic E-state index is -1.13. The SMILES string of the molecule is CC(C)n1c(C=C[C@H](O)C[C@H](O)CC(=O)O)c(-c2ccc(F)cc2)c2ccccc21.[CaH2]. The van der Waals surface area contributed by atoms with Crippen molar-refractivity contribution >= 4 is 60.7 Å². The number of aromatic nitrogens is 1. The van der Waals surface area contributed by atoms with Crippen LogP contribution < -0.4 is 0 Å². The number of aliphatic carboxylic acids is 1. The number of carboxylic acid groups (broad SMARTS) is 1. The van der Waals surface area contributed by atoms with Gasteiger partial charge in [-0.2, -0.15) is 0 Å². The second kappa shape index (κ2) is 11.2. The molecule has 0 spiro atoms. The van der Waals surface area contributed by atoms with E-state index in [9.17, 15) is 19.4 Å². The predicted molar refractivity (Wildman–Crippen MR) is 124 cm³/mol. The van der Waals surface area contributed by atoms with Gasteiger partial charge in [0.15, 0.2) is 0 Å². The number of aliphatic hydroxyl groups excluding tert-OH is 2. The fourth-order valence-corrected chi connectivity index (χ4v) is 3.77. The molecule has 3 aromatic rings. The molecular weight excluding hydrogens is 425 g/mol. The monoisotopic (exact) mass is 453 g/mol. The number of aliphatic hydroxyl groups is 2. The Morgan fingerprint density at radius 1 is 1.10 bits per heavy atom. The average molecular weight is 454 g/mol. The van der Waals surface area contributed by atoms with E-state index in [2.05, 4.69) is 18.4 Å². The van der Waals surface area contributed by atoms with Gasteiger partial charge in [0.05, 0.1) is 18.6 Å². The van der Waals surface area contributed by atoms with Gasteiger partial charge in [-0.1, -0.05) is 36.4 Å². The molecule has 5 nitrogen and oxygen atoms in total. The summed E-state index contributed by atoms with van der Waals surface area (Å²) < 4.78 is 15.6. The van der Waals surface area contributed by atoms with Gasteiger partial charge in [0.25, 0.3) is 0 Å². The number of halogens is 1. The normalized spacial score (nSPS) is 13.5. The van der Waals surface area contributed by atoms with Crippen LogP contribution in [0, 0.1) is 5.82 Å². The van der Waals surface area contributed by atoms with Crippen molar-refractivity contribution in [2.24, 2.45) is 0 Å². The predicted octanol–water partition coefficient (Wildman–Crippen LogP) is 3.71. The van der Waals surface area contributed by atoms with Crippen molar-refractivity contribution < 1.29 is 24.5 Å². The van der Waals surface area contributed by atoms with Crippen molar-refractivity contribution in [1.29, 1.82) is 0 Å². The van der Waals surface area contributed by atoms with Crippen LogP contribution in [-0.2, 0) is 4.79 Å². The maximum atomic E-state index is 13.5. The summed E-state index contributed by atoms with van der Waals surface area (Å²) in [4.78, 5) is 10.7. The van der Waals surface area contributed by atoms with E-state index in [1.165, 1.54) is 12.1 Å². The van der Waals surface area contributed by atoms with Crippen molar-refractivity contribution in [3.63, 3.8) is 0 Å². The minimum absolute atomic E-state index is 0. The van der Waals surface area contributed by atoms with Crippen LogP contribution >= 0.6 is 0 Å². The number of rotatable bonds is 8. The molecule has 0 unspecified atom stereocenters. The molecule has 1 aromatic heterocycles. The Balaban J connectivity index is 0.00000341. The fourth-order valence-electron chi connectivity index (χ4n) is 3.77. The van der Waals surface area contributed by atoms with Crippen molar-refractivity contribution in [2.45, 2.75) is 44.9 Å². The van der Waals surface area contributed by atoms with E-state index in [-0.39, 0.29) is 56.0 Å². The molecule has 0 radical (unpaired) electrons. The van der Waals surface area contributed by atoms with Crippen LogP contribution in [0.3, 0.4) is 0 Å². The molecule has 0 amide bonds. The molecule has 31 heavy (non-hydrogen) atoms. The molecule has 0 aliphatic rings. The van der Waals surface area contributed by atoms with Gasteiger partial charge in [0, 0.05) is 34.6 Å². The van der Waals surface area contributed by atoms with Crippen LogP contribution in [0.1, 0.15) is 38.4 Å². The zero-order valence-electron chi connectivity index (χ0n) is 17.0. The van der Waals surface area contributed by atoms with Crippen molar-refractivity contribution in [3.8, 4) is 11.1 Å². The van der Waals surface area contributed by atoms with Gasteiger partial charge in [-0.25, -0.2) is 4.39 Å². The third-order valence-electron chi connectivity index (χ3n) is 5.00. The molecule has 0 saturated carbocycles. The van der Waals surface area contributed by atoms with E-state index in [0.29, 0.717) is 0 Å². The number of para-hydroxylation sites is 1.